The minimum absolute atomic E-state index is 0.695. The maximum atomic E-state index is 4.35. The summed E-state index contributed by atoms with van der Waals surface area (Å²) in [6, 6.07) is 10.5. The van der Waals surface area contributed by atoms with Crippen molar-refractivity contribution in [3.63, 3.8) is 0 Å². The molecule has 0 amide bonds. The molecule has 1 aromatic heterocycles. The van der Waals surface area contributed by atoms with Gasteiger partial charge in [-0.05, 0) is 30.0 Å². The van der Waals surface area contributed by atoms with E-state index in [0.29, 0.717) is 5.92 Å². The quantitative estimate of drug-likeness (QED) is 0.698. The fraction of sp³-hybridized carbons (Fsp3) is 0.308. The zero-order valence-corrected chi connectivity index (χ0v) is 8.70. The molecule has 0 bridgehead atoms. The molecule has 1 heteroatoms. The third-order valence-electron chi connectivity index (χ3n) is 2.36. The summed E-state index contributed by atoms with van der Waals surface area (Å²) in [5.74, 6) is 0.695. The summed E-state index contributed by atoms with van der Waals surface area (Å²) in [6.45, 7) is 4.49. The lowest BCUT2D eigenvalue weighted by molar-refractivity contribution is 0.650. The number of pyridine rings is 1. The molecule has 0 fully saturated rings. The lowest BCUT2D eigenvalue weighted by Crippen LogP contribution is -1.95. The van der Waals surface area contributed by atoms with Crippen molar-refractivity contribution >= 4 is 10.9 Å². The average molecular weight is 185 g/mol. The summed E-state index contributed by atoms with van der Waals surface area (Å²) in [7, 11) is 0. The van der Waals surface area contributed by atoms with E-state index in [1.807, 2.05) is 12.3 Å². The van der Waals surface area contributed by atoms with Gasteiger partial charge in [-0.25, -0.2) is 0 Å². The van der Waals surface area contributed by atoms with Crippen LogP contribution in [0.15, 0.2) is 36.5 Å². The van der Waals surface area contributed by atoms with Gasteiger partial charge in [0.15, 0.2) is 0 Å². The molecular formula is C13H15N. The zero-order valence-electron chi connectivity index (χ0n) is 8.70. The molecule has 0 saturated heterocycles. The second-order valence-electron chi connectivity index (χ2n) is 4.09. The first-order valence-corrected chi connectivity index (χ1v) is 5.10. The standard InChI is InChI=1S/C13H15N/c1-10(2)9-11-5-3-7-13-12(11)6-4-8-14-13/h3-8,10H,9H2,1-2H3. The van der Waals surface area contributed by atoms with E-state index in [0.717, 1.165) is 11.9 Å². The first-order chi connectivity index (χ1) is 6.77. The van der Waals surface area contributed by atoms with Crippen LogP contribution in [0.1, 0.15) is 19.4 Å². The van der Waals surface area contributed by atoms with Crippen molar-refractivity contribution in [2.45, 2.75) is 20.3 Å². The van der Waals surface area contributed by atoms with E-state index in [1.165, 1.54) is 10.9 Å². The fourth-order valence-corrected chi connectivity index (χ4v) is 1.78. The van der Waals surface area contributed by atoms with Gasteiger partial charge in [0.2, 0.25) is 0 Å². The van der Waals surface area contributed by atoms with Crippen LogP contribution in [0.3, 0.4) is 0 Å². The predicted molar refractivity (Wildman–Crippen MR) is 60.3 cm³/mol. The van der Waals surface area contributed by atoms with E-state index in [9.17, 15) is 0 Å². The van der Waals surface area contributed by atoms with Gasteiger partial charge in [0.25, 0.3) is 0 Å². The highest BCUT2D eigenvalue weighted by Crippen LogP contribution is 2.19. The van der Waals surface area contributed by atoms with Crippen molar-refractivity contribution < 1.29 is 0 Å². The van der Waals surface area contributed by atoms with Crippen molar-refractivity contribution in [1.29, 1.82) is 0 Å². The van der Waals surface area contributed by atoms with Gasteiger partial charge in [0.1, 0.15) is 0 Å². The second kappa shape index (κ2) is 3.79. The maximum absolute atomic E-state index is 4.35. The van der Waals surface area contributed by atoms with Crippen LogP contribution in [0.4, 0.5) is 0 Å². The maximum Gasteiger partial charge on any atom is 0.0704 e. The fourth-order valence-electron chi connectivity index (χ4n) is 1.78. The Labute approximate surface area is 84.8 Å². The molecule has 0 unspecified atom stereocenters. The van der Waals surface area contributed by atoms with Gasteiger partial charge < -0.3 is 0 Å². The first kappa shape index (κ1) is 9.20. The zero-order chi connectivity index (χ0) is 9.97. The number of benzene rings is 1. The normalized spacial score (nSPS) is 11.1. The minimum atomic E-state index is 0.695. The SMILES string of the molecule is CC(C)Cc1cccc2ncccc12. The van der Waals surface area contributed by atoms with Crippen LogP contribution in [0, 0.1) is 5.92 Å². The van der Waals surface area contributed by atoms with E-state index < -0.39 is 0 Å². The number of fused-ring (bicyclic) bond motifs is 1. The van der Waals surface area contributed by atoms with Gasteiger partial charge in [0, 0.05) is 11.6 Å². The Morgan fingerprint density at radius 2 is 2.00 bits per heavy atom. The third kappa shape index (κ3) is 1.77. The van der Waals surface area contributed by atoms with Crippen LogP contribution >= 0.6 is 0 Å². The highest BCUT2D eigenvalue weighted by molar-refractivity contribution is 5.81. The Morgan fingerprint density at radius 1 is 1.14 bits per heavy atom. The summed E-state index contributed by atoms with van der Waals surface area (Å²) >= 11 is 0. The van der Waals surface area contributed by atoms with E-state index >= 15 is 0 Å². The van der Waals surface area contributed by atoms with Crippen LogP contribution in [0.25, 0.3) is 10.9 Å². The van der Waals surface area contributed by atoms with Gasteiger partial charge >= 0.3 is 0 Å². The molecule has 0 saturated carbocycles. The van der Waals surface area contributed by atoms with Crippen LogP contribution in [-0.2, 0) is 6.42 Å². The summed E-state index contributed by atoms with van der Waals surface area (Å²) < 4.78 is 0. The van der Waals surface area contributed by atoms with Crippen molar-refractivity contribution in [2.24, 2.45) is 5.92 Å². The molecule has 0 atom stereocenters. The summed E-state index contributed by atoms with van der Waals surface area (Å²) in [5, 5.41) is 1.30. The molecular weight excluding hydrogens is 170 g/mol. The number of hydrogen-bond donors (Lipinski definition) is 0. The van der Waals surface area contributed by atoms with Crippen molar-refractivity contribution in [3.8, 4) is 0 Å². The van der Waals surface area contributed by atoms with E-state index in [1.54, 1.807) is 0 Å². The highest BCUT2D eigenvalue weighted by Gasteiger charge is 2.02. The lowest BCUT2D eigenvalue weighted by Gasteiger charge is -2.07. The Bertz CT molecular complexity index is 427. The van der Waals surface area contributed by atoms with E-state index in [2.05, 4.69) is 43.1 Å². The molecule has 0 radical (unpaired) electrons. The molecule has 0 N–H and O–H groups in total. The molecule has 1 aromatic carbocycles. The van der Waals surface area contributed by atoms with Gasteiger partial charge in [-0.1, -0.05) is 32.0 Å². The van der Waals surface area contributed by atoms with Crippen molar-refractivity contribution in [1.82, 2.24) is 4.98 Å². The highest BCUT2D eigenvalue weighted by atomic mass is 14.6. The molecule has 0 aliphatic heterocycles. The number of rotatable bonds is 2. The van der Waals surface area contributed by atoms with E-state index in [-0.39, 0.29) is 0 Å². The van der Waals surface area contributed by atoms with Crippen molar-refractivity contribution in [3.05, 3.63) is 42.1 Å². The largest absolute Gasteiger partial charge is 0.256 e. The smallest absolute Gasteiger partial charge is 0.0704 e. The Balaban J connectivity index is 2.53. The Hall–Kier alpha value is -1.37. The molecule has 2 aromatic rings. The Morgan fingerprint density at radius 3 is 2.79 bits per heavy atom. The molecule has 0 spiro atoms. The second-order valence-corrected chi connectivity index (χ2v) is 4.09. The molecule has 14 heavy (non-hydrogen) atoms. The summed E-state index contributed by atoms with van der Waals surface area (Å²) in [5.41, 5.74) is 2.51. The van der Waals surface area contributed by atoms with Crippen LogP contribution in [0.2, 0.25) is 0 Å². The van der Waals surface area contributed by atoms with Crippen LogP contribution < -0.4 is 0 Å². The van der Waals surface area contributed by atoms with Crippen LogP contribution in [0.5, 0.6) is 0 Å². The van der Waals surface area contributed by atoms with Crippen molar-refractivity contribution in [2.75, 3.05) is 0 Å². The topological polar surface area (TPSA) is 12.9 Å². The average Bonchev–Trinajstić information content (AvgIpc) is 2.18. The lowest BCUT2D eigenvalue weighted by atomic mass is 9.99. The molecule has 2 rings (SSSR count). The first-order valence-electron chi connectivity index (χ1n) is 5.10. The monoisotopic (exact) mass is 185 g/mol. The van der Waals surface area contributed by atoms with Crippen LogP contribution in [-0.4, -0.2) is 4.98 Å². The predicted octanol–water partition coefficient (Wildman–Crippen LogP) is 3.43. The van der Waals surface area contributed by atoms with Gasteiger partial charge in [0.05, 0.1) is 5.52 Å². The minimum Gasteiger partial charge on any atom is -0.256 e. The molecule has 0 aliphatic carbocycles. The molecule has 72 valence electrons. The van der Waals surface area contributed by atoms with Gasteiger partial charge in [-0.2, -0.15) is 0 Å². The molecule has 1 nitrogen and oxygen atoms in total. The van der Waals surface area contributed by atoms with E-state index in [4.69, 9.17) is 0 Å². The number of hydrogen-bond acceptors (Lipinski definition) is 1. The molecule has 0 aliphatic rings. The van der Waals surface area contributed by atoms with Gasteiger partial charge in [-0.3, -0.25) is 4.98 Å². The molecule has 1 heterocycles. The summed E-state index contributed by atoms with van der Waals surface area (Å²) in [4.78, 5) is 4.35. The Kier molecular flexibility index (Phi) is 2.49. The summed E-state index contributed by atoms with van der Waals surface area (Å²) in [6.07, 6.45) is 2.98. The number of aromatic nitrogens is 1. The van der Waals surface area contributed by atoms with Gasteiger partial charge in [-0.15, -0.1) is 0 Å². The third-order valence-corrected chi connectivity index (χ3v) is 2.36. The number of nitrogens with zero attached hydrogens (tertiary/aromatic N) is 1.